The fourth-order valence-corrected chi connectivity index (χ4v) is 7.88. The van der Waals surface area contributed by atoms with Crippen LogP contribution in [0.5, 0.6) is 0 Å². The minimum absolute atomic E-state index is 0.0459. The highest BCUT2D eigenvalue weighted by Crippen LogP contribution is 2.62. The summed E-state index contributed by atoms with van der Waals surface area (Å²) in [6.45, 7) is 11.0. The van der Waals surface area contributed by atoms with Crippen molar-refractivity contribution in [1.29, 1.82) is 0 Å². The molecule has 3 heterocycles. The Balaban J connectivity index is 2.20. The van der Waals surface area contributed by atoms with Gasteiger partial charge in [-0.15, -0.1) is 11.6 Å². The van der Waals surface area contributed by atoms with Gasteiger partial charge < -0.3 is 38.6 Å². The molecule has 0 aromatic heterocycles. The highest BCUT2D eigenvalue weighted by molar-refractivity contribution is 6.23. The second-order valence-corrected chi connectivity index (χ2v) is 12.3. The fourth-order valence-electron chi connectivity index (χ4n) is 7.50. The molecular weight excluding hydrogens is 596 g/mol. The fraction of sp³-hybridized carbons (Fsp3) is 0.714. The summed E-state index contributed by atoms with van der Waals surface area (Å²) in [5.74, 6) is -9.27. The lowest BCUT2D eigenvalue weighted by Crippen LogP contribution is -2.79. The molecule has 1 spiro atoms. The number of carbonyl (C=O) groups excluding carboxylic acids is 5. The van der Waals surface area contributed by atoms with Gasteiger partial charge in [-0.25, -0.2) is 4.79 Å². The van der Waals surface area contributed by atoms with Gasteiger partial charge in [-0.1, -0.05) is 13.5 Å². The third-order valence-corrected chi connectivity index (χ3v) is 9.73. The van der Waals surface area contributed by atoms with Crippen LogP contribution < -0.4 is 0 Å². The van der Waals surface area contributed by atoms with Gasteiger partial charge in [0.15, 0.2) is 29.5 Å². The van der Waals surface area contributed by atoms with Gasteiger partial charge in [-0.3, -0.25) is 24.0 Å². The van der Waals surface area contributed by atoms with E-state index in [2.05, 4.69) is 6.58 Å². The van der Waals surface area contributed by atoms with Gasteiger partial charge in [-0.2, -0.15) is 0 Å². The Morgan fingerprint density at radius 2 is 1.49 bits per heavy atom. The normalized spacial score (nSPS) is 43.5. The monoisotopic (exact) mass is 630 g/mol. The van der Waals surface area contributed by atoms with Crippen molar-refractivity contribution >= 4 is 47.4 Å². The molecule has 14 nitrogen and oxygen atoms in total. The van der Waals surface area contributed by atoms with Crippen molar-refractivity contribution < 1.29 is 67.4 Å². The Kier molecular flexibility index (Phi) is 8.39. The molecule has 0 aromatic rings. The van der Waals surface area contributed by atoms with Crippen LogP contribution in [-0.4, -0.2) is 99.2 Å². The molecule has 4 rings (SSSR count). The average Bonchev–Trinajstić information content (AvgIpc) is 3.14. The van der Waals surface area contributed by atoms with Crippen LogP contribution in [0, 0.1) is 17.3 Å². The van der Waals surface area contributed by atoms with Crippen LogP contribution in [0.4, 0.5) is 0 Å². The number of esters is 5. The molecule has 12 atom stereocenters. The van der Waals surface area contributed by atoms with E-state index in [-0.39, 0.29) is 12.0 Å². The Labute approximate surface area is 251 Å². The summed E-state index contributed by atoms with van der Waals surface area (Å²) < 4.78 is 35.1. The predicted octanol–water partition coefficient (Wildman–Crippen LogP) is 0.822. The molecule has 0 amide bonds. The number of hydrogen-bond acceptors (Lipinski definition) is 13. The molecule has 3 saturated heterocycles. The molecule has 43 heavy (non-hydrogen) atoms. The first-order chi connectivity index (χ1) is 19.8. The standard InChI is InChI=1S/C28H35ClO14/c1-10-17(29)21-28(11(2)24(34)42-21)23(41-15(6)33)20-26(7,16(38-12(3)30)8-9-27(20,37)25(35)36)22(40-14(5)32)19(18(10)43-28)39-13(4)31/h11,16-23,37H,1,8-9H2,2-7H3,(H,35,36)/t11-,16-,17-,18-,19+,20+,21-,22-,23-,26-,27+,28-/m0/s1. The zero-order chi connectivity index (χ0) is 32.4. The van der Waals surface area contributed by atoms with Gasteiger partial charge in [0.25, 0.3) is 0 Å². The van der Waals surface area contributed by atoms with E-state index >= 15 is 0 Å². The van der Waals surface area contributed by atoms with Gasteiger partial charge in [0.05, 0.1) is 22.6 Å². The molecule has 238 valence electrons. The summed E-state index contributed by atoms with van der Waals surface area (Å²) in [5, 5.41) is 21.3. The molecule has 4 aliphatic rings. The maximum Gasteiger partial charge on any atom is 0.336 e. The summed E-state index contributed by atoms with van der Waals surface area (Å²) in [7, 11) is 0. The minimum Gasteiger partial charge on any atom is -0.479 e. The number of carbonyl (C=O) groups is 6. The second-order valence-electron chi connectivity index (χ2n) is 11.8. The highest BCUT2D eigenvalue weighted by Gasteiger charge is 2.79. The van der Waals surface area contributed by atoms with Crippen LogP contribution in [-0.2, 0) is 57.2 Å². The molecule has 0 aromatic carbocycles. The highest BCUT2D eigenvalue weighted by atomic mass is 35.5. The zero-order valence-electron chi connectivity index (χ0n) is 24.5. The molecule has 2 bridgehead atoms. The number of halogens is 1. The number of carboxylic acid groups (broad SMARTS) is 1. The van der Waals surface area contributed by atoms with Crippen molar-refractivity contribution in [3.05, 3.63) is 12.2 Å². The topological polar surface area (TPSA) is 198 Å². The lowest BCUT2D eigenvalue weighted by atomic mass is 9.50. The molecule has 0 radical (unpaired) electrons. The maximum atomic E-state index is 13.2. The Bertz CT molecular complexity index is 1270. The van der Waals surface area contributed by atoms with E-state index in [0.29, 0.717) is 0 Å². The SMILES string of the molecule is C=C1[C@H](Cl)[C@@H]2OC(=O)[C@H](C)[C@]23O[C@@H]1[C@@H](OC(C)=O)[C@H](OC(C)=O)[C@@]1(C)[C@@H](OC(C)=O)CC[C@](O)(C(=O)O)[C@@H]1[C@@H]3OC(C)=O. The van der Waals surface area contributed by atoms with Crippen LogP contribution in [0.25, 0.3) is 0 Å². The summed E-state index contributed by atoms with van der Waals surface area (Å²) in [6.07, 6.45) is -10.2. The number of rotatable bonds is 5. The van der Waals surface area contributed by atoms with Crippen LogP contribution in [0.3, 0.4) is 0 Å². The van der Waals surface area contributed by atoms with Crippen LogP contribution in [0.1, 0.15) is 54.4 Å². The quantitative estimate of drug-likeness (QED) is 0.187. The van der Waals surface area contributed by atoms with E-state index in [1.165, 1.54) is 13.8 Å². The number of alkyl halides is 1. The van der Waals surface area contributed by atoms with Gasteiger partial charge in [0, 0.05) is 27.7 Å². The van der Waals surface area contributed by atoms with Crippen molar-refractivity contribution in [2.24, 2.45) is 17.3 Å². The van der Waals surface area contributed by atoms with Crippen LogP contribution in [0.2, 0.25) is 0 Å². The van der Waals surface area contributed by atoms with Gasteiger partial charge in [0.2, 0.25) is 0 Å². The third kappa shape index (κ3) is 4.87. The number of hydrogen-bond donors (Lipinski definition) is 2. The zero-order valence-corrected chi connectivity index (χ0v) is 25.2. The maximum absolute atomic E-state index is 13.2. The van der Waals surface area contributed by atoms with Crippen molar-refractivity contribution in [3.8, 4) is 0 Å². The molecular formula is C28H35ClO14. The first-order valence-corrected chi connectivity index (χ1v) is 14.1. The van der Waals surface area contributed by atoms with E-state index in [0.717, 1.165) is 27.7 Å². The van der Waals surface area contributed by atoms with Crippen molar-refractivity contribution in [2.75, 3.05) is 0 Å². The molecule has 1 aliphatic carbocycles. The van der Waals surface area contributed by atoms with Crippen molar-refractivity contribution in [3.63, 3.8) is 0 Å². The summed E-state index contributed by atoms with van der Waals surface area (Å²) in [4.78, 5) is 76.5. The van der Waals surface area contributed by atoms with Gasteiger partial charge in [-0.05, 0) is 25.3 Å². The second kappa shape index (κ2) is 11.0. The lowest BCUT2D eigenvalue weighted by molar-refractivity contribution is -0.322. The molecule has 15 heteroatoms. The van der Waals surface area contributed by atoms with Crippen molar-refractivity contribution in [1.82, 2.24) is 0 Å². The van der Waals surface area contributed by atoms with E-state index in [1.54, 1.807) is 0 Å². The number of fused-ring (bicyclic) bond motifs is 2. The Hall–Kier alpha value is -3.23. The predicted molar refractivity (Wildman–Crippen MR) is 141 cm³/mol. The number of aliphatic carboxylic acids is 1. The summed E-state index contributed by atoms with van der Waals surface area (Å²) in [5.41, 5.74) is -6.81. The van der Waals surface area contributed by atoms with E-state index in [4.69, 9.17) is 40.0 Å². The first kappa shape index (κ1) is 32.7. The molecule has 2 N–H and O–H groups in total. The molecule has 4 fully saturated rings. The first-order valence-electron chi connectivity index (χ1n) is 13.7. The average molecular weight is 631 g/mol. The van der Waals surface area contributed by atoms with E-state index in [9.17, 15) is 39.0 Å². The van der Waals surface area contributed by atoms with E-state index in [1.807, 2.05) is 0 Å². The molecule has 0 unspecified atom stereocenters. The van der Waals surface area contributed by atoms with Crippen molar-refractivity contribution in [2.45, 2.75) is 108 Å². The number of carboxylic acids is 1. The number of aliphatic hydroxyl groups is 1. The summed E-state index contributed by atoms with van der Waals surface area (Å²) >= 11 is 6.83. The summed E-state index contributed by atoms with van der Waals surface area (Å²) in [6, 6.07) is 0. The largest absolute Gasteiger partial charge is 0.479 e. The van der Waals surface area contributed by atoms with E-state index < -0.39 is 113 Å². The third-order valence-electron chi connectivity index (χ3n) is 9.22. The van der Waals surface area contributed by atoms with Gasteiger partial charge in [0.1, 0.15) is 18.3 Å². The van der Waals surface area contributed by atoms with Crippen LogP contribution in [0.15, 0.2) is 12.2 Å². The Morgan fingerprint density at radius 1 is 0.953 bits per heavy atom. The Morgan fingerprint density at radius 3 is 2.00 bits per heavy atom. The lowest BCUT2D eigenvalue weighted by Gasteiger charge is -2.63. The number of ether oxygens (including phenoxy) is 6. The van der Waals surface area contributed by atoms with Crippen LogP contribution >= 0.6 is 11.6 Å². The molecule has 3 aliphatic heterocycles. The molecule has 1 saturated carbocycles. The smallest absolute Gasteiger partial charge is 0.336 e. The minimum atomic E-state index is -2.78. The van der Waals surface area contributed by atoms with Gasteiger partial charge >= 0.3 is 35.8 Å².